The van der Waals surface area contributed by atoms with Gasteiger partial charge in [0.15, 0.2) is 0 Å². The first-order valence-corrected chi connectivity index (χ1v) is 9.11. The number of pyridine rings is 1. The molecule has 0 amide bonds. The van der Waals surface area contributed by atoms with E-state index >= 15 is 0 Å². The van der Waals surface area contributed by atoms with E-state index in [9.17, 15) is 4.79 Å². The summed E-state index contributed by atoms with van der Waals surface area (Å²) in [5.74, 6) is 1.29. The number of aromatic nitrogens is 3. The molecule has 26 heavy (non-hydrogen) atoms. The van der Waals surface area contributed by atoms with Crippen molar-refractivity contribution in [3.63, 3.8) is 0 Å². The van der Waals surface area contributed by atoms with Crippen molar-refractivity contribution in [2.24, 2.45) is 5.92 Å². The Kier molecular flexibility index (Phi) is 5.54. The summed E-state index contributed by atoms with van der Waals surface area (Å²) in [4.78, 5) is 22.8. The summed E-state index contributed by atoms with van der Waals surface area (Å²) >= 11 is 0. The molecule has 0 saturated carbocycles. The minimum atomic E-state index is -0.429. The van der Waals surface area contributed by atoms with Crippen LogP contribution in [0.1, 0.15) is 46.5 Å². The first kappa shape index (κ1) is 18.4. The van der Waals surface area contributed by atoms with Crippen LogP contribution >= 0.6 is 0 Å². The molecule has 0 radical (unpaired) electrons. The monoisotopic (exact) mass is 358 g/mol. The van der Waals surface area contributed by atoms with Gasteiger partial charge in [-0.25, -0.2) is 0 Å². The van der Waals surface area contributed by atoms with Crippen molar-refractivity contribution >= 4 is 11.9 Å². The van der Waals surface area contributed by atoms with Gasteiger partial charge in [-0.2, -0.15) is 4.98 Å². The van der Waals surface area contributed by atoms with E-state index in [1.807, 2.05) is 32.9 Å². The number of hydrogen-bond donors (Lipinski definition) is 0. The van der Waals surface area contributed by atoms with Gasteiger partial charge >= 0.3 is 5.97 Å². The Bertz CT molecular complexity index is 724. The molecule has 140 valence electrons. The fourth-order valence-electron chi connectivity index (χ4n) is 3.14. The molecular weight excluding hydrogens is 332 g/mol. The van der Waals surface area contributed by atoms with E-state index < -0.39 is 5.60 Å². The molecule has 1 saturated heterocycles. The highest BCUT2D eigenvalue weighted by Crippen LogP contribution is 2.26. The molecule has 3 heterocycles. The summed E-state index contributed by atoms with van der Waals surface area (Å²) in [5.41, 5.74) is 0.380. The number of ether oxygens (including phenoxy) is 1. The molecule has 1 unspecified atom stereocenters. The molecule has 1 aliphatic rings. The standard InChI is InChI=1S/C19H26N4O3/c1-19(2,3)25-16(24)12-14-6-5-10-23(11-8-14)18-21-17(26-22-18)15-7-4-9-20-13-15/h4,7,9,13-14H,5-6,8,10-12H2,1-3H3. The number of carbonyl (C=O) groups excluding carboxylic acids is 1. The van der Waals surface area contributed by atoms with Crippen LogP contribution in [0.25, 0.3) is 11.5 Å². The van der Waals surface area contributed by atoms with Gasteiger partial charge in [0.25, 0.3) is 11.8 Å². The summed E-state index contributed by atoms with van der Waals surface area (Å²) in [6.45, 7) is 7.36. The fraction of sp³-hybridized carbons (Fsp3) is 0.579. The van der Waals surface area contributed by atoms with Crippen molar-refractivity contribution in [2.45, 2.75) is 52.1 Å². The highest BCUT2D eigenvalue weighted by molar-refractivity contribution is 5.70. The van der Waals surface area contributed by atoms with E-state index in [0.29, 0.717) is 24.2 Å². The van der Waals surface area contributed by atoms with Crippen LogP contribution in [0.5, 0.6) is 0 Å². The Morgan fingerprint density at radius 3 is 2.92 bits per heavy atom. The largest absolute Gasteiger partial charge is 0.460 e. The van der Waals surface area contributed by atoms with Crippen molar-refractivity contribution in [1.29, 1.82) is 0 Å². The van der Waals surface area contributed by atoms with Crippen LogP contribution < -0.4 is 4.90 Å². The normalized spacial score (nSPS) is 18.4. The molecule has 1 atom stereocenters. The molecule has 1 fully saturated rings. The summed E-state index contributed by atoms with van der Waals surface area (Å²) in [6, 6.07) is 3.73. The number of rotatable bonds is 4. The summed E-state index contributed by atoms with van der Waals surface area (Å²) in [5, 5.41) is 4.11. The van der Waals surface area contributed by atoms with Crippen LogP contribution in [0.3, 0.4) is 0 Å². The molecule has 2 aromatic heterocycles. The first-order chi connectivity index (χ1) is 12.4. The van der Waals surface area contributed by atoms with Gasteiger partial charge in [0, 0.05) is 31.9 Å². The molecule has 2 aromatic rings. The summed E-state index contributed by atoms with van der Waals surface area (Å²) in [6.07, 6.45) is 6.79. The van der Waals surface area contributed by atoms with E-state index in [0.717, 1.165) is 37.9 Å². The predicted molar refractivity (Wildman–Crippen MR) is 97.5 cm³/mol. The van der Waals surface area contributed by atoms with Crippen LogP contribution in [0.4, 0.5) is 5.95 Å². The molecule has 0 aromatic carbocycles. The van der Waals surface area contributed by atoms with Gasteiger partial charge in [-0.05, 0) is 63.2 Å². The van der Waals surface area contributed by atoms with E-state index in [1.54, 1.807) is 12.4 Å². The lowest BCUT2D eigenvalue weighted by Gasteiger charge is -2.21. The minimum Gasteiger partial charge on any atom is -0.460 e. The zero-order chi connectivity index (χ0) is 18.6. The third kappa shape index (κ3) is 5.03. The van der Waals surface area contributed by atoms with Gasteiger partial charge < -0.3 is 14.2 Å². The molecule has 7 nitrogen and oxygen atoms in total. The molecule has 7 heteroatoms. The SMILES string of the molecule is CC(C)(C)OC(=O)CC1CCCN(c2noc(-c3cccnc3)n2)CC1. The van der Waals surface area contributed by atoms with Gasteiger partial charge in [-0.1, -0.05) is 0 Å². The molecule has 0 spiro atoms. The van der Waals surface area contributed by atoms with Crippen molar-refractivity contribution < 1.29 is 14.1 Å². The van der Waals surface area contributed by atoms with Crippen LogP contribution in [0.15, 0.2) is 29.0 Å². The number of carbonyl (C=O) groups is 1. The van der Waals surface area contributed by atoms with Crippen LogP contribution in [0.2, 0.25) is 0 Å². The average molecular weight is 358 g/mol. The quantitative estimate of drug-likeness (QED) is 0.774. The second kappa shape index (κ2) is 7.85. The molecule has 0 aliphatic carbocycles. The predicted octanol–water partition coefficient (Wildman–Crippen LogP) is 3.47. The number of esters is 1. The van der Waals surface area contributed by atoms with Crippen molar-refractivity contribution in [2.75, 3.05) is 18.0 Å². The zero-order valence-corrected chi connectivity index (χ0v) is 15.6. The number of nitrogens with zero attached hydrogens (tertiary/aromatic N) is 4. The second-order valence-electron chi connectivity index (χ2n) is 7.72. The van der Waals surface area contributed by atoms with Crippen LogP contribution in [-0.4, -0.2) is 39.8 Å². The van der Waals surface area contributed by atoms with Gasteiger partial charge in [0.1, 0.15) is 5.60 Å². The summed E-state index contributed by atoms with van der Waals surface area (Å²) in [7, 11) is 0. The number of anilines is 1. The van der Waals surface area contributed by atoms with Gasteiger partial charge in [0.2, 0.25) is 0 Å². The maximum absolute atomic E-state index is 12.1. The molecule has 0 N–H and O–H groups in total. The minimum absolute atomic E-state index is 0.116. The third-order valence-corrected chi connectivity index (χ3v) is 4.33. The maximum atomic E-state index is 12.1. The highest BCUT2D eigenvalue weighted by atomic mass is 16.6. The Balaban J connectivity index is 1.57. The first-order valence-electron chi connectivity index (χ1n) is 9.11. The third-order valence-electron chi connectivity index (χ3n) is 4.33. The Morgan fingerprint density at radius 1 is 1.35 bits per heavy atom. The van der Waals surface area contributed by atoms with Gasteiger partial charge in [0.05, 0.1) is 5.56 Å². The zero-order valence-electron chi connectivity index (χ0n) is 15.6. The Hall–Kier alpha value is -2.44. The van der Waals surface area contributed by atoms with E-state index in [-0.39, 0.29) is 5.97 Å². The molecule has 0 bridgehead atoms. The Labute approximate surface area is 153 Å². The average Bonchev–Trinajstić information content (AvgIpc) is 2.96. The molecular formula is C19H26N4O3. The van der Waals surface area contributed by atoms with Gasteiger partial charge in [-0.15, -0.1) is 0 Å². The maximum Gasteiger partial charge on any atom is 0.306 e. The smallest absolute Gasteiger partial charge is 0.306 e. The van der Waals surface area contributed by atoms with E-state index in [4.69, 9.17) is 9.26 Å². The fourth-order valence-corrected chi connectivity index (χ4v) is 3.14. The lowest BCUT2D eigenvalue weighted by Crippen LogP contribution is -2.26. The molecule has 1 aliphatic heterocycles. The Morgan fingerprint density at radius 2 is 2.19 bits per heavy atom. The van der Waals surface area contributed by atoms with Gasteiger partial charge in [-0.3, -0.25) is 9.78 Å². The number of hydrogen-bond acceptors (Lipinski definition) is 7. The summed E-state index contributed by atoms with van der Waals surface area (Å²) < 4.78 is 10.8. The highest BCUT2D eigenvalue weighted by Gasteiger charge is 2.25. The van der Waals surface area contributed by atoms with Crippen LogP contribution in [0, 0.1) is 5.92 Å². The van der Waals surface area contributed by atoms with Crippen molar-refractivity contribution in [3.8, 4) is 11.5 Å². The van der Waals surface area contributed by atoms with Crippen LogP contribution in [-0.2, 0) is 9.53 Å². The topological polar surface area (TPSA) is 81.4 Å². The van der Waals surface area contributed by atoms with Crippen molar-refractivity contribution in [3.05, 3.63) is 24.5 Å². The molecule has 3 rings (SSSR count). The van der Waals surface area contributed by atoms with Crippen molar-refractivity contribution in [1.82, 2.24) is 15.1 Å². The lowest BCUT2D eigenvalue weighted by atomic mass is 9.97. The second-order valence-corrected chi connectivity index (χ2v) is 7.72. The van der Waals surface area contributed by atoms with E-state index in [2.05, 4.69) is 20.0 Å². The lowest BCUT2D eigenvalue weighted by molar-refractivity contribution is -0.156. The van der Waals surface area contributed by atoms with E-state index in [1.165, 1.54) is 0 Å².